The van der Waals surface area contributed by atoms with Gasteiger partial charge >= 0.3 is 0 Å². The quantitative estimate of drug-likeness (QED) is 0.865. The lowest BCUT2D eigenvalue weighted by Crippen LogP contribution is -2.10. The van der Waals surface area contributed by atoms with Gasteiger partial charge in [-0.25, -0.2) is 0 Å². The van der Waals surface area contributed by atoms with Crippen molar-refractivity contribution in [3.8, 4) is 5.75 Å². The molecule has 1 aliphatic rings. The largest absolute Gasteiger partial charge is 0.493 e. The van der Waals surface area contributed by atoms with Gasteiger partial charge in [0.1, 0.15) is 5.75 Å². The average Bonchev–Trinajstić information content (AvgIpc) is 2.95. The highest BCUT2D eigenvalue weighted by Crippen LogP contribution is 2.27. The van der Waals surface area contributed by atoms with Crippen LogP contribution in [0.25, 0.3) is 0 Å². The molecule has 2 N–H and O–H groups in total. The number of ether oxygens (including phenoxy) is 1. The molecular weight excluding hydrogens is 250 g/mol. The first-order chi connectivity index (χ1) is 9.79. The molecule has 0 aliphatic carbocycles. The minimum Gasteiger partial charge on any atom is -0.493 e. The van der Waals surface area contributed by atoms with Gasteiger partial charge in [0.25, 0.3) is 0 Å². The number of carbonyl (C=O) groups is 1. The maximum Gasteiger partial charge on any atom is 0.193 e. The Labute approximate surface area is 118 Å². The molecule has 0 fully saturated rings. The lowest BCUT2D eigenvalue weighted by atomic mass is 9.95. The molecule has 0 saturated heterocycles. The molecule has 1 heterocycles. The number of nitrogens with two attached hydrogens (primary N) is 1. The number of rotatable bonds is 4. The molecule has 3 heteroatoms. The predicted molar refractivity (Wildman–Crippen MR) is 78.3 cm³/mol. The maximum atomic E-state index is 12.7. The third-order valence-corrected chi connectivity index (χ3v) is 3.63. The van der Waals surface area contributed by atoms with Crippen molar-refractivity contribution in [2.45, 2.75) is 12.8 Å². The second-order valence-corrected chi connectivity index (χ2v) is 4.95. The number of hydrogen-bond acceptors (Lipinski definition) is 3. The molecule has 0 bridgehead atoms. The zero-order chi connectivity index (χ0) is 13.9. The van der Waals surface area contributed by atoms with Crippen molar-refractivity contribution in [2.75, 3.05) is 13.2 Å². The fourth-order valence-corrected chi connectivity index (χ4v) is 2.60. The molecule has 1 aliphatic heterocycles. The van der Waals surface area contributed by atoms with Crippen LogP contribution < -0.4 is 10.5 Å². The third kappa shape index (κ3) is 2.32. The topological polar surface area (TPSA) is 52.3 Å². The lowest BCUT2D eigenvalue weighted by Gasteiger charge is -2.08. The molecule has 0 radical (unpaired) electrons. The fourth-order valence-electron chi connectivity index (χ4n) is 2.60. The Morgan fingerprint density at radius 2 is 2.05 bits per heavy atom. The standard InChI is InChI=1S/C17H17NO2/c18-9-7-12-3-1-2-4-15(12)17(19)14-5-6-16-13(11-14)8-10-20-16/h1-6,11H,7-10,18H2. The first kappa shape index (κ1) is 12.9. The summed E-state index contributed by atoms with van der Waals surface area (Å²) in [5.74, 6) is 0.959. The monoisotopic (exact) mass is 267 g/mol. The molecule has 0 spiro atoms. The van der Waals surface area contributed by atoms with Crippen molar-refractivity contribution in [3.05, 3.63) is 64.7 Å². The number of hydrogen-bond donors (Lipinski definition) is 1. The summed E-state index contributed by atoms with van der Waals surface area (Å²) in [5.41, 5.74) is 9.21. The van der Waals surface area contributed by atoms with E-state index in [4.69, 9.17) is 10.5 Å². The fraction of sp³-hybridized carbons (Fsp3) is 0.235. The normalized spacial score (nSPS) is 12.8. The zero-order valence-corrected chi connectivity index (χ0v) is 11.3. The van der Waals surface area contributed by atoms with E-state index in [-0.39, 0.29) is 5.78 Å². The van der Waals surface area contributed by atoms with Crippen molar-refractivity contribution in [1.29, 1.82) is 0 Å². The summed E-state index contributed by atoms with van der Waals surface area (Å²) in [6.07, 6.45) is 1.59. The Bertz CT molecular complexity index is 649. The van der Waals surface area contributed by atoms with Crippen LogP contribution in [0.4, 0.5) is 0 Å². The van der Waals surface area contributed by atoms with Crippen molar-refractivity contribution < 1.29 is 9.53 Å². The van der Waals surface area contributed by atoms with Crippen LogP contribution in [0.2, 0.25) is 0 Å². The van der Waals surface area contributed by atoms with Gasteiger partial charge in [0.2, 0.25) is 0 Å². The Morgan fingerprint density at radius 3 is 2.90 bits per heavy atom. The zero-order valence-electron chi connectivity index (χ0n) is 11.3. The van der Waals surface area contributed by atoms with Gasteiger partial charge in [-0.2, -0.15) is 0 Å². The van der Waals surface area contributed by atoms with Crippen LogP contribution in [0.3, 0.4) is 0 Å². The van der Waals surface area contributed by atoms with Gasteiger partial charge < -0.3 is 10.5 Å². The summed E-state index contributed by atoms with van der Waals surface area (Å²) < 4.78 is 5.47. The first-order valence-electron chi connectivity index (χ1n) is 6.88. The van der Waals surface area contributed by atoms with Crippen molar-refractivity contribution in [3.63, 3.8) is 0 Å². The highest BCUT2D eigenvalue weighted by molar-refractivity contribution is 6.10. The Balaban J connectivity index is 1.96. The molecule has 0 unspecified atom stereocenters. The molecule has 102 valence electrons. The summed E-state index contributed by atoms with van der Waals surface area (Å²) in [7, 11) is 0. The highest BCUT2D eigenvalue weighted by Gasteiger charge is 2.17. The van der Waals surface area contributed by atoms with Crippen LogP contribution in [-0.4, -0.2) is 18.9 Å². The van der Waals surface area contributed by atoms with Crippen molar-refractivity contribution in [1.82, 2.24) is 0 Å². The second-order valence-electron chi connectivity index (χ2n) is 4.95. The number of fused-ring (bicyclic) bond motifs is 1. The van der Waals surface area contributed by atoms with Gasteiger partial charge in [-0.3, -0.25) is 4.79 Å². The molecule has 3 rings (SSSR count). The number of benzene rings is 2. The minimum atomic E-state index is 0.0590. The van der Waals surface area contributed by atoms with Crippen LogP contribution in [0.1, 0.15) is 27.0 Å². The molecule has 20 heavy (non-hydrogen) atoms. The van der Waals surface area contributed by atoms with E-state index in [2.05, 4.69) is 0 Å². The second kappa shape index (κ2) is 5.47. The third-order valence-electron chi connectivity index (χ3n) is 3.63. The summed E-state index contributed by atoms with van der Waals surface area (Å²) in [4.78, 5) is 12.7. The van der Waals surface area contributed by atoms with E-state index >= 15 is 0 Å². The highest BCUT2D eigenvalue weighted by atomic mass is 16.5. The minimum absolute atomic E-state index is 0.0590. The average molecular weight is 267 g/mol. The number of carbonyl (C=O) groups excluding carboxylic acids is 1. The molecular formula is C17H17NO2. The smallest absolute Gasteiger partial charge is 0.193 e. The van der Waals surface area contributed by atoms with E-state index < -0.39 is 0 Å². The van der Waals surface area contributed by atoms with Crippen LogP contribution in [-0.2, 0) is 12.8 Å². The molecule has 2 aromatic rings. The van der Waals surface area contributed by atoms with Crippen LogP contribution in [0.15, 0.2) is 42.5 Å². The predicted octanol–water partition coefficient (Wildman–Crippen LogP) is 2.35. The van der Waals surface area contributed by atoms with Gasteiger partial charge in [0.15, 0.2) is 5.78 Å². The first-order valence-corrected chi connectivity index (χ1v) is 6.88. The van der Waals surface area contributed by atoms with E-state index in [1.165, 1.54) is 0 Å². The Morgan fingerprint density at radius 1 is 1.20 bits per heavy atom. The van der Waals surface area contributed by atoms with Gasteiger partial charge in [0, 0.05) is 17.5 Å². The SMILES string of the molecule is NCCc1ccccc1C(=O)c1ccc2c(c1)CCO2. The molecule has 0 amide bonds. The summed E-state index contributed by atoms with van der Waals surface area (Å²) in [6.45, 7) is 1.25. The maximum absolute atomic E-state index is 12.7. The Kier molecular flexibility index (Phi) is 3.52. The van der Waals surface area contributed by atoms with E-state index in [0.29, 0.717) is 13.2 Å². The number of ketones is 1. The molecule has 2 aromatic carbocycles. The summed E-state index contributed by atoms with van der Waals surface area (Å²) in [6, 6.07) is 13.4. The van der Waals surface area contributed by atoms with Crippen LogP contribution >= 0.6 is 0 Å². The van der Waals surface area contributed by atoms with Gasteiger partial charge in [-0.05, 0) is 42.3 Å². The van der Waals surface area contributed by atoms with Gasteiger partial charge in [-0.1, -0.05) is 24.3 Å². The molecule has 0 aromatic heterocycles. The van der Waals surface area contributed by atoms with Gasteiger partial charge in [-0.15, -0.1) is 0 Å². The molecule has 3 nitrogen and oxygen atoms in total. The lowest BCUT2D eigenvalue weighted by molar-refractivity contribution is 0.103. The summed E-state index contributed by atoms with van der Waals surface area (Å²) >= 11 is 0. The van der Waals surface area contributed by atoms with Crippen LogP contribution in [0.5, 0.6) is 5.75 Å². The van der Waals surface area contributed by atoms with Crippen molar-refractivity contribution >= 4 is 5.78 Å². The van der Waals surface area contributed by atoms with E-state index in [9.17, 15) is 4.79 Å². The van der Waals surface area contributed by atoms with Gasteiger partial charge in [0.05, 0.1) is 6.61 Å². The van der Waals surface area contributed by atoms with E-state index in [1.807, 2.05) is 42.5 Å². The summed E-state index contributed by atoms with van der Waals surface area (Å²) in [5, 5.41) is 0. The Hall–Kier alpha value is -2.13. The van der Waals surface area contributed by atoms with Crippen LogP contribution in [0, 0.1) is 0 Å². The molecule has 0 atom stereocenters. The van der Waals surface area contributed by atoms with Crippen molar-refractivity contribution in [2.24, 2.45) is 5.73 Å². The molecule has 0 saturated carbocycles. The van der Waals surface area contributed by atoms with E-state index in [1.54, 1.807) is 0 Å². The van der Waals surface area contributed by atoms with E-state index in [0.717, 1.165) is 40.8 Å².